The fraction of sp³-hybridized carbons (Fsp3) is 0.818. The minimum atomic E-state index is -0.778. The third kappa shape index (κ3) is 2.90. The van der Waals surface area contributed by atoms with Crippen LogP contribution in [0, 0.1) is 0 Å². The van der Waals surface area contributed by atoms with E-state index in [1.165, 1.54) is 0 Å². The summed E-state index contributed by atoms with van der Waals surface area (Å²) in [6, 6.07) is 0.175. The van der Waals surface area contributed by atoms with E-state index in [4.69, 9.17) is 0 Å². The van der Waals surface area contributed by atoms with Crippen molar-refractivity contribution in [1.29, 1.82) is 0 Å². The first kappa shape index (κ1) is 13.4. The molecule has 1 N–H and O–H groups in total. The summed E-state index contributed by atoms with van der Waals surface area (Å²) < 4.78 is 0. The van der Waals surface area contributed by atoms with Crippen molar-refractivity contribution in [3.63, 3.8) is 0 Å². The van der Waals surface area contributed by atoms with Gasteiger partial charge >= 0.3 is 0 Å². The molecule has 1 aliphatic heterocycles. The highest BCUT2D eigenvalue weighted by Gasteiger charge is 2.37. The van der Waals surface area contributed by atoms with Gasteiger partial charge in [-0.1, -0.05) is 0 Å². The van der Waals surface area contributed by atoms with Crippen molar-refractivity contribution in [3.8, 4) is 0 Å². The molecule has 1 fully saturated rings. The van der Waals surface area contributed by atoms with Crippen LogP contribution in [-0.4, -0.2) is 46.8 Å². The number of hydrogen-bond donors (Lipinski definition) is 1. The van der Waals surface area contributed by atoms with Crippen LogP contribution in [-0.2, 0) is 9.59 Å². The first-order valence-corrected chi connectivity index (χ1v) is 6.89. The van der Waals surface area contributed by atoms with Crippen molar-refractivity contribution in [3.05, 3.63) is 0 Å². The highest BCUT2D eigenvalue weighted by Crippen LogP contribution is 2.17. The topological polar surface area (TPSA) is 49.4 Å². The van der Waals surface area contributed by atoms with E-state index in [1.54, 1.807) is 25.6 Å². The Morgan fingerprint density at radius 2 is 2.12 bits per heavy atom. The third-order valence-electron chi connectivity index (χ3n) is 2.77. The summed E-state index contributed by atoms with van der Waals surface area (Å²) in [4.78, 5) is 25.5. The van der Waals surface area contributed by atoms with Gasteiger partial charge in [0.05, 0.1) is 0 Å². The van der Waals surface area contributed by atoms with Gasteiger partial charge in [0.25, 0.3) is 0 Å². The van der Waals surface area contributed by atoms with E-state index < -0.39 is 5.54 Å². The van der Waals surface area contributed by atoms with Crippen LogP contribution in [0.5, 0.6) is 0 Å². The van der Waals surface area contributed by atoms with Gasteiger partial charge in [-0.3, -0.25) is 9.59 Å². The van der Waals surface area contributed by atoms with Crippen LogP contribution in [0.15, 0.2) is 0 Å². The molecule has 0 aliphatic carbocycles. The van der Waals surface area contributed by atoms with Gasteiger partial charge in [0, 0.05) is 24.8 Å². The maximum atomic E-state index is 12.2. The lowest BCUT2D eigenvalue weighted by molar-refractivity contribution is -0.138. The van der Waals surface area contributed by atoms with Crippen LogP contribution >= 0.6 is 11.8 Å². The first-order valence-electron chi connectivity index (χ1n) is 5.49. The van der Waals surface area contributed by atoms with E-state index in [1.807, 2.05) is 18.1 Å². The van der Waals surface area contributed by atoms with E-state index in [9.17, 15) is 9.59 Å². The maximum Gasteiger partial charge on any atom is 0.248 e. The van der Waals surface area contributed by atoms with E-state index >= 15 is 0 Å². The van der Waals surface area contributed by atoms with Gasteiger partial charge < -0.3 is 10.2 Å². The van der Waals surface area contributed by atoms with Crippen molar-refractivity contribution in [1.82, 2.24) is 10.2 Å². The zero-order chi connectivity index (χ0) is 12.3. The van der Waals surface area contributed by atoms with Gasteiger partial charge in [-0.05, 0) is 27.0 Å². The van der Waals surface area contributed by atoms with Crippen molar-refractivity contribution in [2.45, 2.75) is 38.8 Å². The van der Waals surface area contributed by atoms with Crippen LogP contribution in [0.25, 0.3) is 0 Å². The number of carbonyl (C=O) groups excluding carboxylic acids is 2. The molecule has 0 bridgehead atoms. The number of nitrogens with one attached hydrogen (secondary N) is 1. The van der Waals surface area contributed by atoms with Crippen molar-refractivity contribution in [2.24, 2.45) is 0 Å². The SMILES string of the molecule is CSCC(C)N1CCC(=O)NC(C)(C)C1=O. The van der Waals surface area contributed by atoms with Gasteiger partial charge in [0.1, 0.15) is 5.54 Å². The Hall–Kier alpha value is -0.710. The molecule has 1 atom stereocenters. The monoisotopic (exact) mass is 244 g/mol. The zero-order valence-corrected chi connectivity index (χ0v) is 11.2. The summed E-state index contributed by atoms with van der Waals surface area (Å²) in [6.07, 6.45) is 2.42. The predicted molar refractivity (Wildman–Crippen MR) is 66.4 cm³/mol. The van der Waals surface area contributed by atoms with Crippen LogP contribution in [0.4, 0.5) is 0 Å². The quantitative estimate of drug-likeness (QED) is 0.801. The molecule has 1 unspecified atom stereocenters. The van der Waals surface area contributed by atoms with Gasteiger partial charge in [0.2, 0.25) is 11.8 Å². The summed E-state index contributed by atoms with van der Waals surface area (Å²) in [7, 11) is 0. The smallest absolute Gasteiger partial charge is 0.248 e. The molecule has 0 aromatic rings. The van der Waals surface area contributed by atoms with Crippen LogP contribution in [0.3, 0.4) is 0 Å². The molecule has 1 saturated heterocycles. The number of thioether (sulfide) groups is 1. The highest BCUT2D eigenvalue weighted by atomic mass is 32.2. The van der Waals surface area contributed by atoms with Crippen LogP contribution in [0.1, 0.15) is 27.2 Å². The van der Waals surface area contributed by atoms with E-state index in [0.29, 0.717) is 13.0 Å². The molecular weight excluding hydrogens is 224 g/mol. The molecule has 1 heterocycles. The van der Waals surface area contributed by atoms with Crippen LogP contribution in [0.2, 0.25) is 0 Å². The Bertz CT molecular complexity index is 292. The minimum Gasteiger partial charge on any atom is -0.342 e. The average Bonchev–Trinajstić information content (AvgIpc) is 2.25. The minimum absolute atomic E-state index is 0.0138. The number of carbonyl (C=O) groups is 2. The standard InChI is InChI=1S/C11H20N2O2S/c1-8(7-16-4)13-6-5-9(14)12-11(2,3)10(13)15/h8H,5-7H2,1-4H3,(H,12,14). The second-order valence-electron chi connectivity index (χ2n) is 4.73. The zero-order valence-electron chi connectivity index (χ0n) is 10.4. The normalized spacial score (nSPS) is 22.6. The van der Waals surface area contributed by atoms with Gasteiger partial charge in [-0.2, -0.15) is 11.8 Å². The average molecular weight is 244 g/mol. The fourth-order valence-corrected chi connectivity index (χ4v) is 2.56. The van der Waals surface area contributed by atoms with Gasteiger partial charge in [-0.25, -0.2) is 0 Å². The summed E-state index contributed by atoms with van der Waals surface area (Å²) in [5.41, 5.74) is -0.778. The lowest BCUT2D eigenvalue weighted by Gasteiger charge is -2.32. The Balaban J connectivity index is 2.84. The molecule has 92 valence electrons. The van der Waals surface area contributed by atoms with Crippen LogP contribution < -0.4 is 5.32 Å². The largest absolute Gasteiger partial charge is 0.342 e. The molecule has 1 aliphatic rings. The Morgan fingerprint density at radius 1 is 1.50 bits per heavy atom. The summed E-state index contributed by atoms with van der Waals surface area (Å²) >= 11 is 1.71. The summed E-state index contributed by atoms with van der Waals surface area (Å²) in [6.45, 7) is 6.07. The fourth-order valence-electron chi connectivity index (χ4n) is 1.90. The maximum absolute atomic E-state index is 12.2. The molecule has 0 radical (unpaired) electrons. The Labute approximate surface area is 101 Å². The number of nitrogens with zero attached hydrogens (tertiary/aromatic N) is 1. The molecule has 16 heavy (non-hydrogen) atoms. The summed E-state index contributed by atoms with van der Waals surface area (Å²) in [5.74, 6) is 0.868. The highest BCUT2D eigenvalue weighted by molar-refractivity contribution is 7.98. The van der Waals surface area contributed by atoms with Gasteiger partial charge in [0.15, 0.2) is 0 Å². The second kappa shape index (κ2) is 5.08. The molecule has 2 amide bonds. The molecular formula is C11H20N2O2S. The molecule has 0 aromatic heterocycles. The lowest BCUT2D eigenvalue weighted by atomic mass is 10.0. The second-order valence-corrected chi connectivity index (χ2v) is 5.64. The van der Waals surface area contributed by atoms with Gasteiger partial charge in [-0.15, -0.1) is 0 Å². The molecule has 0 spiro atoms. The van der Waals surface area contributed by atoms with E-state index in [-0.39, 0.29) is 17.9 Å². The van der Waals surface area contributed by atoms with Crippen molar-refractivity contribution >= 4 is 23.6 Å². The van der Waals surface area contributed by atoms with Crippen molar-refractivity contribution in [2.75, 3.05) is 18.6 Å². The Kier molecular flexibility index (Phi) is 4.24. The molecule has 0 aromatic carbocycles. The number of hydrogen-bond acceptors (Lipinski definition) is 3. The van der Waals surface area contributed by atoms with Crippen molar-refractivity contribution < 1.29 is 9.59 Å². The van der Waals surface area contributed by atoms with E-state index in [2.05, 4.69) is 5.32 Å². The summed E-state index contributed by atoms with van der Waals surface area (Å²) in [5, 5.41) is 2.76. The molecule has 5 heteroatoms. The first-order chi connectivity index (χ1) is 7.38. The number of rotatable bonds is 3. The predicted octanol–water partition coefficient (Wildman–Crippen LogP) is 0.865. The van der Waals surface area contributed by atoms with E-state index in [0.717, 1.165) is 5.75 Å². The third-order valence-corrected chi connectivity index (χ3v) is 3.58. The Morgan fingerprint density at radius 3 is 2.69 bits per heavy atom. The molecule has 1 rings (SSSR count). The molecule has 4 nitrogen and oxygen atoms in total. The molecule has 0 saturated carbocycles. The number of amides is 2. The lowest BCUT2D eigenvalue weighted by Crippen LogP contribution is -2.55.